The maximum atomic E-state index is 13.1. The Morgan fingerprint density at radius 3 is 2.62 bits per heavy atom. The van der Waals surface area contributed by atoms with Gasteiger partial charge in [0, 0.05) is 18.2 Å². The Kier molecular flexibility index (Phi) is 6.41. The monoisotopic (exact) mass is 451 g/mol. The molecule has 1 atom stereocenters. The Hall–Kier alpha value is -3.39. The molecule has 166 valence electrons. The molecule has 2 amide bonds. The van der Waals surface area contributed by atoms with E-state index in [-0.39, 0.29) is 17.9 Å². The van der Waals surface area contributed by atoms with Gasteiger partial charge in [-0.05, 0) is 49.1 Å². The molecule has 0 saturated carbocycles. The molecule has 4 rings (SSSR count). The molecule has 1 saturated heterocycles. The number of nitrogens with one attached hydrogen (secondary N) is 1. The zero-order valence-corrected chi connectivity index (χ0v) is 19.1. The van der Waals surface area contributed by atoms with Crippen molar-refractivity contribution < 1.29 is 19.1 Å². The maximum absolute atomic E-state index is 13.1. The van der Waals surface area contributed by atoms with Crippen LogP contribution in [0.15, 0.2) is 48.7 Å². The van der Waals surface area contributed by atoms with Gasteiger partial charge in [0.1, 0.15) is 4.88 Å². The lowest BCUT2D eigenvalue weighted by atomic mass is 9.99. The number of anilines is 1. The van der Waals surface area contributed by atoms with Gasteiger partial charge in [-0.25, -0.2) is 4.98 Å². The number of thiazole rings is 1. The first kappa shape index (κ1) is 21.8. The number of nitrogens with zero attached hydrogens (tertiary/aromatic N) is 2. The molecule has 1 aliphatic rings. The Bertz CT molecular complexity index is 1140. The first-order valence-electron chi connectivity index (χ1n) is 10.4. The zero-order chi connectivity index (χ0) is 22.7. The number of methoxy groups -OCH3 is 2. The second-order valence-electron chi connectivity index (χ2n) is 7.59. The lowest BCUT2D eigenvalue weighted by Gasteiger charge is -2.20. The van der Waals surface area contributed by atoms with Crippen LogP contribution in [0.3, 0.4) is 0 Å². The van der Waals surface area contributed by atoms with Crippen molar-refractivity contribution in [2.24, 2.45) is 0 Å². The van der Waals surface area contributed by atoms with Gasteiger partial charge in [-0.2, -0.15) is 0 Å². The van der Waals surface area contributed by atoms with Crippen molar-refractivity contribution in [3.8, 4) is 22.6 Å². The molecule has 7 nitrogen and oxygen atoms in total. The summed E-state index contributed by atoms with van der Waals surface area (Å²) in [6.07, 6.45) is 3.57. The number of benzene rings is 2. The van der Waals surface area contributed by atoms with Crippen LogP contribution in [0.5, 0.6) is 11.5 Å². The van der Waals surface area contributed by atoms with E-state index >= 15 is 0 Å². The molecule has 2 aromatic carbocycles. The predicted octanol–water partition coefficient (Wildman–Crippen LogP) is 4.70. The minimum atomic E-state index is -0.293. The third-order valence-corrected chi connectivity index (χ3v) is 6.52. The number of hydrogen-bond acceptors (Lipinski definition) is 6. The molecule has 1 unspecified atom stereocenters. The second-order valence-corrected chi connectivity index (χ2v) is 8.62. The van der Waals surface area contributed by atoms with Gasteiger partial charge in [-0.3, -0.25) is 14.9 Å². The summed E-state index contributed by atoms with van der Waals surface area (Å²) >= 11 is 1.19. The summed E-state index contributed by atoms with van der Waals surface area (Å²) in [6, 6.07) is 13.1. The lowest BCUT2D eigenvalue weighted by molar-refractivity contribution is 0.0752. The minimum Gasteiger partial charge on any atom is -0.493 e. The predicted molar refractivity (Wildman–Crippen MR) is 125 cm³/mol. The van der Waals surface area contributed by atoms with Crippen molar-refractivity contribution in [2.75, 3.05) is 26.1 Å². The van der Waals surface area contributed by atoms with Crippen molar-refractivity contribution in [1.82, 2.24) is 9.88 Å². The van der Waals surface area contributed by atoms with Gasteiger partial charge in [-0.1, -0.05) is 35.6 Å². The number of aromatic nitrogens is 1. The fourth-order valence-corrected chi connectivity index (χ4v) is 4.68. The van der Waals surface area contributed by atoms with E-state index in [1.165, 1.54) is 17.5 Å². The average molecular weight is 452 g/mol. The van der Waals surface area contributed by atoms with Crippen molar-refractivity contribution in [1.29, 1.82) is 0 Å². The van der Waals surface area contributed by atoms with E-state index in [9.17, 15) is 9.59 Å². The van der Waals surface area contributed by atoms with Crippen molar-refractivity contribution in [2.45, 2.75) is 25.8 Å². The van der Waals surface area contributed by atoms with Crippen molar-refractivity contribution in [3.05, 3.63) is 59.1 Å². The highest BCUT2D eigenvalue weighted by molar-refractivity contribution is 7.17. The van der Waals surface area contributed by atoms with Crippen LogP contribution in [-0.2, 0) is 0 Å². The topological polar surface area (TPSA) is 80.8 Å². The molecule has 1 fully saturated rings. The normalized spacial score (nSPS) is 15.5. The SMILES string of the molecule is COc1ccc(-c2ccccc2C(=O)Nc2ncc(C(=O)N3CCCC3C)s2)cc1OC. The Morgan fingerprint density at radius 2 is 1.91 bits per heavy atom. The summed E-state index contributed by atoms with van der Waals surface area (Å²) in [6.45, 7) is 2.82. The van der Waals surface area contributed by atoms with Crippen molar-refractivity contribution >= 4 is 28.3 Å². The highest BCUT2D eigenvalue weighted by atomic mass is 32.1. The van der Waals surface area contributed by atoms with Crippen LogP contribution in [0.1, 0.15) is 39.8 Å². The molecular weight excluding hydrogens is 426 g/mol. The molecule has 0 radical (unpaired) electrons. The summed E-state index contributed by atoms with van der Waals surface area (Å²) in [5.41, 5.74) is 2.08. The first-order valence-corrected chi connectivity index (χ1v) is 11.2. The summed E-state index contributed by atoms with van der Waals surface area (Å²) in [7, 11) is 3.15. The molecule has 1 aliphatic heterocycles. The van der Waals surface area contributed by atoms with Crippen LogP contribution >= 0.6 is 11.3 Å². The third kappa shape index (κ3) is 4.31. The number of carbonyl (C=O) groups is 2. The highest BCUT2D eigenvalue weighted by Gasteiger charge is 2.27. The zero-order valence-electron chi connectivity index (χ0n) is 18.3. The van der Waals surface area contributed by atoms with Crippen LogP contribution < -0.4 is 14.8 Å². The number of rotatable bonds is 6. The Labute approximate surface area is 191 Å². The number of likely N-dealkylation sites (tertiary alicyclic amines) is 1. The van der Waals surface area contributed by atoms with E-state index in [0.717, 1.165) is 30.5 Å². The number of amides is 2. The minimum absolute atomic E-state index is 0.0290. The Morgan fingerprint density at radius 1 is 1.12 bits per heavy atom. The smallest absolute Gasteiger partial charge is 0.265 e. The van der Waals surface area contributed by atoms with E-state index in [4.69, 9.17) is 9.47 Å². The van der Waals surface area contributed by atoms with Crippen LogP contribution in [0.2, 0.25) is 0 Å². The number of carbonyl (C=O) groups excluding carboxylic acids is 2. The molecule has 1 N–H and O–H groups in total. The molecule has 3 aromatic rings. The highest BCUT2D eigenvalue weighted by Crippen LogP contribution is 2.34. The summed E-state index contributed by atoms with van der Waals surface area (Å²) < 4.78 is 10.7. The van der Waals surface area contributed by atoms with E-state index in [1.54, 1.807) is 26.4 Å². The van der Waals surface area contributed by atoms with Crippen LogP contribution in [0, 0.1) is 0 Å². The van der Waals surface area contributed by atoms with E-state index in [2.05, 4.69) is 17.2 Å². The fourth-order valence-electron chi connectivity index (χ4n) is 3.91. The molecule has 8 heteroatoms. The van der Waals surface area contributed by atoms with Gasteiger partial charge in [0.15, 0.2) is 16.6 Å². The molecule has 0 spiro atoms. The van der Waals surface area contributed by atoms with Gasteiger partial charge >= 0.3 is 0 Å². The number of ether oxygens (including phenoxy) is 2. The first-order chi connectivity index (χ1) is 15.5. The summed E-state index contributed by atoms with van der Waals surface area (Å²) in [4.78, 5) is 32.5. The summed E-state index contributed by atoms with van der Waals surface area (Å²) in [5.74, 6) is 0.877. The molecule has 0 bridgehead atoms. The van der Waals surface area contributed by atoms with Gasteiger partial charge in [-0.15, -0.1) is 0 Å². The van der Waals surface area contributed by atoms with Gasteiger partial charge < -0.3 is 14.4 Å². The second kappa shape index (κ2) is 9.40. The van der Waals surface area contributed by atoms with Gasteiger partial charge in [0.2, 0.25) is 0 Å². The molecule has 2 heterocycles. The van der Waals surface area contributed by atoms with Crippen LogP contribution in [-0.4, -0.2) is 48.5 Å². The van der Waals surface area contributed by atoms with Gasteiger partial charge in [0.25, 0.3) is 11.8 Å². The standard InChI is InChI=1S/C24H25N3O4S/c1-15-7-6-12-27(15)23(29)21-14-25-24(32-21)26-22(28)18-9-5-4-8-17(18)16-10-11-19(30-2)20(13-16)31-3/h4-5,8-11,13-15H,6-7,12H2,1-3H3,(H,25,26,28). The van der Waals surface area contributed by atoms with Crippen LogP contribution in [0.25, 0.3) is 11.1 Å². The van der Waals surface area contributed by atoms with E-state index in [0.29, 0.717) is 27.1 Å². The molecule has 0 aliphatic carbocycles. The van der Waals surface area contributed by atoms with Crippen molar-refractivity contribution in [3.63, 3.8) is 0 Å². The molecule has 1 aromatic heterocycles. The van der Waals surface area contributed by atoms with E-state index < -0.39 is 0 Å². The summed E-state index contributed by atoms with van der Waals surface area (Å²) in [5, 5.41) is 3.23. The van der Waals surface area contributed by atoms with Gasteiger partial charge in [0.05, 0.1) is 20.4 Å². The van der Waals surface area contributed by atoms with E-state index in [1.807, 2.05) is 35.2 Å². The van der Waals surface area contributed by atoms with Crippen LogP contribution in [0.4, 0.5) is 5.13 Å². The molecular formula is C24H25N3O4S. The quantitative estimate of drug-likeness (QED) is 0.587. The largest absolute Gasteiger partial charge is 0.493 e. The Balaban J connectivity index is 1.56. The lowest BCUT2D eigenvalue weighted by Crippen LogP contribution is -2.33. The average Bonchev–Trinajstić information content (AvgIpc) is 3.47. The number of hydrogen-bond donors (Lipinski definition) is 1. The fraction of sp³-hybridized carbons (Fsp3) is 0.292. The third-order valence-electron chi connectivity index (χ3n) is 5.62. The maximum Gasteiger partial charge on any atom is 0.265 e. The molecule has 32 heavy (non-hydrogen) atoms.